The van der Waals surface area contributed by atoms with Crippen molar-refractivity contribution in [3.63, 3.8) is 0 Å². The number of thiophene rings is 1. The molecule has 0 aliphatic rings. The van der Waals surface area contributed by atoms with Crippen molar-refractivity contribution in [3.8, 4) is 5.75 Å². The monoisotopic (exact) mass is 446 g/mol. The smallest absolute Gasteiger partial charge is 0.194 e. The van der Waals surface area contributed by atoms with E-state index >= 15 is 0 Å². The third kappa shape index (κ3) is 5.96. The maximum Gasteiger partial charge on any atom is 0.194 e. The minimum atomic E-state index is 0.456. The predicted molar refractivity (Wildman–Crippen MR) is 122 cm³/mol. The van der Waals surface area contributed by atoms with Crippen LogP contribution in [0.15, 0.2) is 41.4 Å². The zero-order chi connectivity index (χ0) is 21.5. The Bertz CT molecular complexity index is 982. The van der Waals surface area contributed by atoms with Crippen LogP contribution in [0, 0.1) is 6.92 Å². The van der Waals surface area contributed by atoms with Crippen molar-refractivity contribution in [3.05, 3.63) is 62.8 Å². The average Bonchev–Trinajstić information content (AvgIpc) is 3.30. The molecule has 0 unspecified atom stereocenters. The van der Waals surface area contributed by atoms with Gasteiger partial charge in [-0.15, -0.1) is 21.5 Å². The van der Waals surface area contributed by atoms with Crippen molar-refractivity contribution in [1.29, 1.82) is 0 Å². The van der Waals surface area contributed by atoms with Crippen LogP contribution >= 0.6 is 22.9 Å². The van der Waals surface area contributed by atoms with Crippen molar-refractivity contribution < 1.29 is 4.74 Å². The maximum atomic E-state index is 6.08. The number of rotatable bonds is 8. The summed E-state index contributed by atoms with van der Waals surface area (Å²) in [6.45, 7) is 3.88. The molecule has 3 aromatic rings. The Morgan fingerprint density at radius 3 is 2.60 bits per heavy atom. The largest absolute Gasteiger partial charge is 0.497 e. The average molecular weight is 447 g/mol. The molecule has 0 saturated carbocycles. The topological polar surface area (TPSA) is 67.6 Å². The number of benzene rings is 1. The first-order valence-corrected chi connectivity index (χ1v) is 10.9. The fraction of sp³-hybridized carbons (Fsp3) is 0.381. The molecular formula is C21H27ClN6OS. The molecule has 0 spiro atoms. The molecule has 0 amide bonds. The number of aromatic nitrogens is 3. The van der Waals surface area contributed by atoms with Crippen molar-refractivity contribution in [2.75, 3.05) is 20.7 Å². The summed E-state index contributed by atoms with van der Waals surface area (Å²) in [5.41, 5.74) is 1.24. The van der Waals surface area contributed by atoms with Crippen LogP contribution in [0.5, 0.6) is 5.75 Å². The van der Waals surface area contributed by atoms with Gasteiger partial charge in [0, 0.05) is 25.5 Å². The number of guanidine groups is 1. The van der Waals surface area contributed by atoms with Crippen LogP contribution in [-0.2, 0) is 26.6 Å². The normalized spacial score (nSPS) is 11.6. The highest BCUT2D eigenvalue weighted by Gasteiger charge is 2.11. The molecule has 0 radical (unpaired) electrons. The van der Waals surface area contributed by atoms with E-state index in [0.717, 1.165) is 47.2 Å². The number of aryl methyl sites for hydroxylation is 1. The maximum absolute atomic E-state index is 6.08. The van der Waals surface area contributed by atoms with Gasteiger partial charge in [-0.05, 0) is 43.2 Å². The lowest BCUT2D eigenvalue weighted by Crippen LogP contribution is -2.39. The van der Waals surface area contributed by atoms with Crippen LogP contribution in [0.3, 0.4) is 0 Å². The molecule has 30 heavy (non-hydrogen) atoms. The van der Waals surface area contributed by atoms with Crippen LogP contribution < -0.4 is 10.1 Å². The number of aliphatic imine (C=N–C) groups is 1. The molecule has 0 atom stereocenters. The summed E-state index contributed by atoms with van der Waals surface area (Å²) in [6.07, 6.45) is 0.880. The van der Waals surface area contributed by atoms with Crippen LogP contribution in [0.25, 0.3) is 0 Å². The van der Waals surface area contributed by atoms with E-state index in [1.165, 1.54) is 10.4 Å². The number of methoxy groups -OCH3 is 1. The minimum absolute atomic E-state index is 0.456. The first-order chi connectivity index (χ1) is 14.5. The Kier molecular flexibility index (Phi) is 7.70. The Morgan fingerprint density at radius 1 is 1.23 bits per heavy atom. The highest BCUT2D eigenvalue weighted by molar-refractivity contribution is 7.16. The van der Waals surface area contributed by atoms with Crippen LogP contribution in [0.1, 0.15) is 22.1 Å². The fourth-order valence-electron chi connectivity index (χ4n) is 2.90. The fourth-order valence-corrected chi connectivity index (χ4v) is 4.04. The molecule has 1 aromatic carbocycles. The van der Waals surface area contributed by atoms with Crippen LogP contribution in [-0.4, -0.2) is 46.3 Å². The Morgan fingerprint density at radius 2 is 2.00 bits per heavy atom. The number of nitrogens with zero attached hydrogens (tertiary/aromatic N) is 5. The van der Waals surface area contributed by atoms with E-state index in [-0.39, 0.29) is 0 Å². The SMILES string of the molecule is COc1ccc(CCNC(=NCc2nnc(C)n2C)N(C)Cc2ccc(Cl)s2)cc1. The van der Waals surface area contributed by atoms with Crippen molar-refractivity contribution >= 4 is 28.9 Å². The van der Waals surface area contributed by atoms with Gasteiger partial charge in [0.05, 0.1) is 18.0 Å². The number of hydrogen-bond acceptors (Lipinski definition) is 5. The molecule has 3 rings (SSSR count). The third-order valence-electron chi connectivity index (χ3n) is 4.79. The van der Waals surface area contributed by atoms with Gasteiger partial charge >= 0.3 is 0 Å². The van der Waals surface area contributed by atoms with Gasteiger partial charge in [-0.1, -0.05) is 23.7 Å². The number of hydrogen-bond donors (Lipinski definition) is 1. The number of halogens is 1. The molecule has 160 valence electrons. The zero-order valence-electron chi connectivity index (χ0n) is 17.7. The molecule has 0 saturated heterocycles. The van der Waals surface area contributed by atoms with E-state index in [9.17, 15) is 0 Å². The van der Waals surface area contributed by atoms with Crippen molar-refractivity contribution in [2.24, 2.45) is 12.0 Å². The summed E-state index contributed by atoms with van der Waals surface area (Å²) in [7, 11) is 5.65. The van der Waals surface area contributed by atoms with Gasteiger partial charge in [-0.2, -0.15) is 0 Å². The summed E-state index contributed by atoms with van der Waals surface area (Å²) in [6, 6.07) is 12.1. The molecule has 1 N–H and O–H groups in total. The number of nitrogens with one attached hydrogen (secondary N) is 1. The van der Waals surface area contributed by atoms with Gasteiger partial charge in [0.25, 0.3) is 0 Å². The predicted octanol–water partition coefficient (Wildman–Crippen LogP) is 3.67. The Labute approximate surface area is 186 Å². The van der Waals surface area contributed by atoms with E-state index in [1.807, 2.05) is 49.9 Å². The molecule has 2 heterocycles. The lowest BCUT2D eigenvalue weighted by Gasteiger charge is -2.22. The van der Waals surface area contributed by atoms with E-state index in [2.05, 4.69) is 32.5 Å². The summed E-state index contributed by atoms with van der Waals surface area (Å²) < 4.78 is 7.97. The molecule has 9 heteroatoms. The van der Waals surface area contributed by atoms with Crippen molar-refractivity contribution in [1.82, 2.24) is 25.0 Å². The van der Waals surface area contributed by atoms with Crippen LogP contribution in [0.4, 0.5) is 0 Å². The van der Waals surface area contributed by atoms with Gasteiger partial charge in [0.15, 0.2) is 11.8 Å². The third-order valence-corrected chi connectivity index (χ3v) is 6.01. The zero-order valence-corrected chi connectivity index (χ0v) is 19.3. The van der Waals surface area contributed by atoms with E-state index in [0.29, 0.717) is 6.54 Å². The van der Waals surface area contributed by atoms with E-state index in [4.69, 9.17) is 21.3 Å². The summed E-state index contributed by atoms with van der Waals surface area (Å²) in [5.74, 6) is 3.38. The molecule has 0 aliphatic carbocycles. The van der Waals surface area contributed by atoms with Gasteiger partial charge in [0.2, 0.25) is 0 Å². The van der Waals surface area contributed by atoms with Crippen molar-refractivity contribution in [2.45, 2.75) is 26.4 Å². The second-order valence-corrected chi connectivity index (χ2v) is 8.75. The quantitative estimate of drug-likeness (QED) is 0.422. The Hall–Kier alpha value is -2.58. The lowest BCUT2D eigenvalue weighted by molar-refractivity contribution is 0.414. The second kappa shape index (κ2) is 10.4. The molecular weight excluding hydrogens is 420 g/mol. The molecule has 0 fully saturated rings. The second-order valence-electron chi connectivity index (χ2n) is 6.95. The highest BCUT2D eigenvalue weighted by atomic mass is 35.5. The Balaban J connectivity index is 1.67. The summed E-state index contributed by atoms with van der Waals surface area (Å²) in [5, 5.41) is 11.8. The van der Waals surface area contributed by atoms with Gasteiger partial charge in [0.1, 0.15) is 18.1 Å². The first-order valence-electron chi connectivity index (χ1n) is 9.67. The molecule has 2 aromatic heterocycles. The summed E-state index contributed by atoms with van der Waals surface area (Å²) in [4.78, 5) is 8.07. The molecule has 0 aliphatic heterocycles. The number of ether oxygens (including phenoxy) is 1. The van der Waals surface area contributed by atoms with E-state index < -0.39 is 0 Å². The standard InChI is InChI=1S/C21H27ClN6OS/c1-15-25-26-20(28(15)3)13-24-21(27(2)14-18-9-10-19(22)30-18)23-12-11-16-5-7-17(29-4)8-6-16/h5-10H,11-14H2,1-4H3,(H,23,24). The minimum Gasteiger partial charge on any atom is -0.497 e. The first kappa shape index (κ1) is 22.1. The van der Waals surface area contributed by atoms with E-state index in [1.54, 1.807) is 18.4 Å². The summed E-state index contributed by atoms with van der Waals surface area (Å²) >= 11 is 7.67. The van der Waals surface area contributed by atoms with Crippen LogP contribution in [0.2, 0.25) is 4.34 Å². The lowest BCUT2D eigenvalue weighted by atomic mass is 10.1. The molecule has 7 nitrogen and oxygen atoms in total. The molecule has 0 bridgehead atoms. The van der Waals surface area contributed by atoms with Gasteiger partial charge < -0.3 is 19.5 Å². The highest BCUT2D eigenvalue weighted by Crippen LogP contribution is 2.22. The van der Waals surface area contributed by atoms with Gasteiger partial charge in [-0.3, -0.25) is 0 Å². The van der Waals surface area contributed by atoms with Gasteiger partial charge in [-0.25, -0.2) is 4.99 Å².